The van der Waals surface area contributed by atoms with Crippen LogP contribution < -0.4 is 10.6 Å². The van der Waals surface area contributed by atoms with Gasteiger partial charge in [-0.2, -0.15) is 0 Å². The Bertz CT molecular complexity index is 322. The van der Waals surface area contributed by atoms with Crippen LogP contribution in [0, 0.1) is 6.92 Å². The second-order valence-corrected chi connectivity index (χ2v) is 3.43. The Kier molecular flexibility index (Phi) is 4.15. The molecule has 5 heteroatoms. The molecule has 2 N–H and O–H groups in total. The van der Waals surface area contributed by atoms with E-state index in [-0.39, 0.29) is 12.1 Å². The summed E-state index contributed by atoms with van der Waals surface area (Å²) in [6.07, 6.45) is 2.55. The quantitative estimate of drug-likeness (QED) is 0.797. The summed E-state index contributed by atoms with van der Waals surface area (Å²) < 4.78 is 5.30. The van der Waals surface area contributed by atoms with Gasteiger partial charge >= 0.3 is 6.03 Å². The van der Waals surface area contributed by atoms with Gasteiger partial charge in [0.1, 0.15) is 11.8 Å². The summed E-state index contributed by atoms with van der Waals surface area (Å²) in [4.78, 5) is 15.3. The summed E-state index contributed by atoms with van der Waals surface area (Å²) in [6.45, 7) is 6.32. The molecule has 1 heterocycles. The van der Waals surface area contributed by atoms with Crippen LogP contribution in [0.25, 0.3) is 0 Å². The Hall–Kier alpha value is -1.52. The minimum atomic E-state index is -0.212. The molecule has 84 valence electrons. The largest absolute Gasteiger partial charge is 0.444 e. The van der Waals surface area contributed by atoms with Crippen LogP contribution in [-0.2, 0) is 0 Å². The molecular weight excluding hydrogens is 194 g/mol. The molecule has 0 aromatic carbocycles. The number of amides is 2. The number of oxazole rings is 1. The standard InChI is InChI=1S/C10H17N3O2/c1-4-5-11-10(14)13-8(3)9-12-6-7(2)15-9/h6,8H,4-5H2,1-3H3,(H2,11,13,14). The van der Waals surface area contributed by atoms with Crippen LogP contribution in [0.5, 0.6) is 0 Å². The van der Waals surface area contributed by atoms with Crippen LogP contribution in [0.3, 0.4) is 0 Å². The van der Waals surface area contributed by atoms with E-state index in [1.807, 2.05) is 20.8 Å². The zero-order valence-corrected chi connectivity index (χ0v) is 9.33. The van der Waals surface area contributed by atoms with Crippen LogP contribution in [-0.4, -0.2) is 17.6 Å². The predicted octanol–water partition coefficient (Wildman–Crippen LogP) is 1.75. The van der Waals surface area contributed by atoms with Gasteiger partial charge in [0.15, 0.2) is 0 Å². The number of hydrogen-bond acceptors (Lipinski definition) is 3. The van der Waals surface area contributed by atoms with Crippen molar-refractivity contribution in [2.24, 2.45) is 0 Å². The fraction of sp³-hybridized carbons (Fsp3) is 0.600. The Morgan fingerprint density at radius 3 is 2.93 bits per heavy atom. The molecule has 0 spiro atoms. The number of aromatic nitrogens is 1. The van der Waals surface area contributed by atoms with E-state index in [1.54, 1.807) is 6.20 Å². The maximum absolute atomic E-state index is 11.3. The molecule has 0 bridgehead atoms. The third kappa shape index (κ3) is 3.61. The summed E-state index contributed by atoms with van der Waals surface area (Å²) in [5.41, 5.74) is 0. The lowest BCUT2D eigenvalue weighted by atomic mass is 10.3. The van der Waals surface area contributed by atoms with Gasteiger partial charge in [0.2, 0.25) is 5.89 Å². The lowest BCUT2D eigenvalue weighted by Crippen LogP contribution is -2.37. The van der Waals surface area contributed by atoms with E-state index < -0.39 is 0 Å². The minimum Gasteiger partial charge on any atom is -0.444 e. The van der Waals surface area contributed by atoms with E-state index in [4.69, 9.17) is 4.42 Å². The molecule has 1 aromatic heterocycles. The maximum Gasteiger partial charge on any atom is 0.315 e. The van der Waals surface area contributed by atoms with Crippen molar-refractivity contribution in [2.75, 3.05) is 6.54 Å². The average Bonchev–Trinajstić information content (AvgIpc) is 2.61. The molecule has 2 amide bonds. The Balaban J connectivity index is 2.41. The first-order valence-corrected chi connectivity index (χ1v) is 5.10. The number of carbonyl (C=O) groups excluding carboxylic acids is 1. The number of nitrogens with zero attached hydrogens (tertiary/aromatic N) is 1. The monoisotopic (exact) mass is 211 g/mol. The van der Waals surface area contributed by atoms with Gasteiger partial charge in [0.05, 0.1) is 6.20 Å². The summed E-state index contributed by atoms with van der Waals surface area (Å²) in [6, 6.07) is -0.407. The number of carbonyl (C=O) groups is 1. The van der Waals surface area contributed by atoms with Gasteiger partial charge in [-0.05, 0) is 20.3 Å². The van der Waals surface area contributed by atoms with Gasteiger partial charge in [-0.25, -0.2) is 9.78 Å². The van der Waals surface area contributed by atoms with Crippen molar-refractivity contribution in [3.05, 3.63) is 17.8 Å². The first-order valence-electron chi connectivity index (χ1n) is 5.10. The highest BCUT2D eigenvalue weighted by molar-refractivity contribution is 5.74. The van der Waals surface area contributed by atoms with E-state index in [0.29, 0.717) is 12.4 Å². The number of urea groups is 1. The molecule has 1 aromatic rings. The highest BCUT2D eigenvalue weighted by Crippen LogP contribution is 2.11. The second-order valence-electron chi connectivity index (χ2n) is 3.43. The van der Waals surface area contributed by atoms with Crippen molar-refractivity contribution in [1.29, 1.82) is 0 Å². The number of aryl methyl sites for hydroxylation is 1. The fourth-order valence-corrected chi connectivity index (χ4v) is 1.12. The number of hydrogen-bond donors (Lipinski definition) is 2. The highest BCUT2D eigenvalue weighted by atomic mass is 16.4. The molecule has 0 radical (unpaired) electrons. The highest BCUT2D eigenvalue weighted by Gasteiger charge is 2.13. The van der Waals surface area contributed by atoms with E-state index in [1.165, 1.54) is 0 Å². The van der Waals surface area contributed by atoms with Crippen LogP contribution in [0.2, 0.25) is 0 Å². The molecule has 0 fully saturated rings. The van der Waals surface area contributed by atoms with Crippen molar-refractivity contribution < 1.29 is 9.21 Å². The SMILES string of the molecule is CCCNC(=O)NC(C)c1ncc(C)o1. The molecule has 1 unspecified atom stereocenters. The number of nitrogens with one attached hydrogen (secondary N) is 2. The van der Waals surface area contributed by atoms with Crippen molar-refractivity contribution in [1.82, 2.24) is 15.6 Å². The maximum atomic E-state index is 11.3. The van der Waals surface area contributed by atoms with Crippen molar-refractivity contribution in [3.8, 4) is 0 Å². The summed E-state index contributed by atoms with van der Waals surface area (Å²) >= 11 is 0. The van der Waals surface area contributed by atoms with Crippen LogP contribution in [0.15, 0.2) is 10.6 Å². The normalized spacial score (nSPS) is 12.2. The zero-order valence-electron chi connectivity index (χ0n) is 9.33. The van der Waals surface area contributed by atoms with Crippen LogP contribution in [0.4, 0.5) is 4.79 Å². The van der Waals surface area contributed by atoms with E-state index in [9.17, 15) is 4.79 Å². The summed E-state index contributed by atoms with van der Waals surface area (Å²) in [5.74, 6) is 1.27. The third-order valence-corrected chi connectivity index (χ3v) is 1.89. The van der Waals surface area contributed by atoms with Crippen molar-refractivity contribution in [3.63, 3.8) is 0 Å². The van der Waals surface area contributed by atoms with Gasteiger partial charge < -0.3 is 15.1 Å². The molecule has 1 rings (SSSR count). The minimum absolute atomic E-state index is 0.194. The van der Waals surface area contributed by atoms with Crippen LogP contribution >= 0.6 is 0 Å². The van der Waals surface area contributed by atoms with Crippen molar-refractivity contribution in [2.45, 2.75) is 33.2 Å². The van der Waals surface area contributed by atoms with E-state index in [0.717, 1.165) is 12.2 Å². The summed E-state index contributed by atoms with van der Waals surface area (Å²) in [7, 11) is 0. The third-order valence-electron chi connectivity index (χ3n) is 1.89. The average molecular weight is 211 g/mol. The van der Waals surface area contributed by atoms with E-state index >= 15 is 0 Å². The smallest absolute Gasteiger partial charge is 0.315 e. The molecule has 0 aliphatic rings. The fourth-order valence-electron chi connectivity index (χ4n) is 1.12. The molecule has 0 aliphatic carbocycles. The molecule has 0 saturated carbocycles. The van der Waals surface area contributed by atoms with E-state index in [2.05, 4.69) is 15.6 Å². The van der Waals surface area contributed by atoms with Gasteiger partial charge in [0, 0.05) is 6.54 Å². The Morgan fingerprint density at radius 2 is 2.40 bits per heavy atom. The lowest BCUT2D eigenvalue weighted by Gasteiger charge is -2.10. The van der Waals surface area contributed by atoms with Gasteiger partial charge in [0.25, 0.3) is 0 Å². The summed E-state index contributed by atoms with van der Waals surface area (Å²) in [5, 5.41) is 5.46. The zero-order chi connectivity index (χ0) is 11.3. The Morgan fingerprint density at radius 1 is 1.67 bits per heavy atom. The van der Waals surface area contributed by atoms with Crippen LogP contribution in [0.1, 0.15) is 38.0 Å². The lowest BCUT2D eigenvalue weighted by molar-refractivity contribution is 0.235. The molecule has 5 nitrogen and oxygen atoms in total. The van der Waals surface area contributed by atoms with Crippen molar-refractivity contribution >= 4 is 6.03 Å². The van der Waals surface area contributed by atoms with Gasteiger partial charge in [-0.1, -0.05) is 6.92 Å². The molecule has 0 saturated heterocycles. The molecule has 0 aliphatic heterocycles. The Labute approximate surface area is 89.3 Å². The molecule has 1 atom stereocenters. The molecule has 15 heavy (non-hydrogen) atoms. The first kappa shape index (κ1) is 11.6. The molecular formula is C10H17N3O2. The number of rotatable bonds is 4. The second kappa shape index (κ2) is 5.38. The van der Waals surface area contributed by atoms with Gasteiger partial charge in [-0.15, -0.1) is 0 Å². The topological polar surface area (TPSA) is 67.2 Å². The van der Waals surface area contributed by atoms with Gasteiger partial charge in [-0.3, -0.25) is 0 Å². The first-order chi connectivity index (χ1) is 7.13. The predicted molar refractivity (Wildman–Crippen MR) is 56.5 cm³/mol.